The van der Waals surface area contributed by atoms with Crippen molar-refractivity contribution in [1.82, 2.24) is 5.32 Å². The summed E-state index contributed by atoms with van der Waals surface area (Å²) in [5.41, 5.74) is 3.39. The van der Waals surface area contributed by atoms with Gasteiger partial charge in [0.25, 0.3) is 0 Å². The number of amides is 2. The second-order valence-electron chi connectivity index (χ2n) is 7.72. The molecule has 0 saturated carbocycles. The molecule has 7 nitrogen and oxygen atoms in total. The minimum Gasteiger partial charge on any atom is -0.478 e. The molecule has 0 bridgehead atoms. The number of carboxylic acids is 1. The Morgan fingerprint density at radius 3 is 2.17 bits per heavy atom. The van der Waals surface area contributed by atoms with E-state index in [1.165, 1.54) is 6.08 Å². The van der Waals surface area contributed by atoms with E-state index in [4.69, 9.17) is 9.84 Å². The molecule has 0 aliphatic heterocycles. The smallest absolute Gasteiger partial charge is 0.407 e. The zero-order valence-corrected chi connectivity index (χ0v) is 18.3. The van der Waals surface area contributed by atoms with Crippen molar-refractivity contribution in [2.24, 2.45) is 0 Å². The third-order valence-electron chi connectivity index (χ3n) is 5.53. The quantitative estimate of drug-likeness (QED) is 0.427. The lowest BCUT2D eigenvalue weighted by Crippen LogP contribution is -2.26. The number of alkyl carbamates (subject to hydrolysis) is 1. The minimum absolute atomic E-state index is 0.0480. The van der Waals surface area contributed by atoms with E-state index in [-0.39, 0.29) is 19.1 Å². The van der Waals surface area contributed by atoms with Crippen LogP contribution in [0.4, 0.5) is 19.3 Å². The van der Waals surface area contributed by atoms with Crippen LogP contribution in [0, 0.1) is 11.6 Å². The number of rotatable bonds is 7. The van der Waals surface area contributed by atoms with E-state index in [0.29, 0.717) is 12.1 Å². The van der Waals surface area contributed by atoms with E-state index in [1.807, 2.05) is 48.5 Å². The maximum atomic E-state index is 13.4. The predicted molar refractivity (Wildman–Crippen MR) is 124 cm³/mol. The van der Waals surface area contributed by atoms with Crippen LogP contribution in [0.2, 0.25) is 0 Å². The van der Waals surface area contributed by atoms with Gasteiger partial charge >= 0.3 is 12.1 Å². The van der Waals surface area contributed by atoms with Gasteiger partial charge in [0.05, 0.1) is 11.3 Å². The van der Waals surface area contributed by atoms with Crippen LogP contribution in [0.25, 0.3) is 11.1 Å². The molecular weight excluding hydrogens is 458 g/mol. The lowest BCUT2D eigenvalue weighted by atomic mass is 9.98. The summed E-state index contributed by atoms with van der Waals surface area (Å²) in [6.45, 7) is 0.0891. The van der Waals surface area contributed by atoms with Crippen molar-refractivity contribution in [2.75, 3.05) is 18.5 Å². The molecule has 0 spiro atoms. The van der Waals surface area contributed by atoms with Gasteiger partial charge in [0.1, 0.15) is 6.61 Å². The molecule has 178 valence electrons. The number of halogens is 2. The molecule has 0 saturated heterocycles. The Hall–Kier alpha value is -4.53. The molecule has 3 N–H and O–H groups in total. The summed E-state index contributed by atoms with van der Waals surface area (Å²) in [6, 6.07) is 16.9. The van der Waals surface area contributed by atoms with E-state index >= 15 is 0 Å². The van der Waals surface area contributed by atoms with Crippen molar-refractivity contribution in [1.29, 1.82) is 0 Å². The monoisotopic (exact) mass is 478 g/mol. The average Bonchev–Trinajstić information content (AvgIpc) is 3.16. The first kappa shape index (κ1) is 23.6. The molecule has 35 heavy (non-hydrogen) atoms. The van der Waals surface area contributed by atoms with Gasteiger partial charge in [-0.25, -0.2) is 18.4 Å². The van der Waals surface area contributed by atoms with E-state index in [1.54, 1.807) is 0 Å². The van der Waals surface area contributed by atoms with Crippen molar-refractivity contribution in [3.8, 4) is 11.1 Å². The van der Waals surface area contributed by atoms with Gasteiger partial charge in [-0.1, -0.05) is 54.6 Å². The van der Waals surface area contributed by atoms with Crippen molar-refractivity contribution < 1.29 is 33.0 Å². The summed E-state index contributed by atoms with van der Waals surface area (Å²) < 4.78 is 32.1. The second-order valence-corrected chi connectivity index (χ2v) is 7.72. The first-order valence-corrected chi connectivity index (χ1v) is 10.6. The van der Waals surface area contributed by atoms with Crippen molar-refractivity contribution >= 4 is 23.7 Å². The van der Waals surface area contributed by atoms with Gasteiger partial charge in [0.2, 0.25) is 5.91 Å². The second kappa shape index (κ2) is 10.2. The van der Waals surface area contributed by atoms with Crippen LogP contribution in [0.5, 0.6) is 0 Å². The fourth-order valence-electron chi connectivity index (χ4n) is 3.96. The van der Waals surface area contributed by atoms with Crippen LogP contribution < -0.4 is 10.6 Å². The molecule has 9 heteroatoms. The highest BCUT2D eigenvalue weighted by Crippen LogP contribution is 2.44. The number of ether oxygens (including phenoxy) is 1. The highest BCUT2D eigenvalue weighted by Gasteiger charge is 2.28. The zero-order chi connectivity index (χ0) is 24.9. The Morgan fingerprint density at radius 1 is 0.943 bits per heavy atom. The molecule has 0 aromatic heterocycles. The van der Waals surface area contributed by atoms with E-state index in [0.717, 1.165) is 28.3 Å². The Labute approximate surface area is 199 Å². The lowest BCUT2D eigenvalue weighted by Gasteiger charge is -2.14. The van der Waals surface area contributed by atoms with Crippen LogP contribution in [-0.4, -0.2) is 36.2 Å². The number of carboxylic acid groups (broad SMARTS) is 1. The molecule has 0 radical (unpaired) electrons. The van der Waals surface area contributed by atoms with Crippen molar-refractivity contribution in [3.05, 3.63) is 101 Å². The molecule has 3 aromatic rings. The molecule has 1 aliphatic carbocycles. The SMILES string of the molecule is O=C(/C=C/CNC(=O)OCC1c2ccccc2-c2ccccc21)Nc1cc(F)c(F)cc1C(=O)O. The first-order chi connectivity index (χ1) is 16.8. The topological polar surface area (TPSA) is 105 Å². The molecular formula is C26H20F2N2O5. The number of carbonyl (C=O) groups excluding carboxylic acids is 2. The molecule has 0 heterocycles. The van der Waals surface area contributed by atoms with Gasteiger partial charge in [-0.3, -0.25) is 4.79 Å². The third-order valence-corrected chi connectivity index (χ3v) is 5.53. The zero-order valence-electron chi connectivity index (χ0n) is 18.3. The molecule has 1 aliphatic rings. The normalized spacial score (nSPS) is 12.2. The van der Waals surface area contributed by atoms with Crippen LogP contribution in [0.1, 0.15) is 27.4 Å². The highest BCUT2D eigenvalue weighted by atomic mass is 19.2. The molecule has 2 amide bonds. The Balaban J connectivity index is 1.29. The number of nitrogens with one attached hydrogen (secondary N) is 2. The largest absolute Gasteiger partial charge is 0.478 e. The number of benzene rings is 3. The minimum atomic E-state index is -1.53. The predicted octanol–water partition coefficient (Wildman–Crippen LogP) is 4.70. The van der Waals surface area contributed by atoms with Gasteiger partial charge in [0.15, 0.2) is 11.6 Å². The first-order valence-electron chi connectivity index (χ1n) is 10.6. The van der Waals surface area contributed by atoms with E-state index in [9.17, 15) is 23.2 Å². The maximum absolute atomic E-state index is 13.4. The summed E-state index contributed by atoms with van der Waals surface area (Å²) >= 11 is 0. The van der Waals surface area contributed by atoms with Crippen LogP contribution in [0.15, 0.2) is 72.8 Å². The van der Waals surface area contributed by atoms with Gasteiger partial charge in [-0.15, -0.1) is 0 Å². The standard InChI is InChI=1S/C26H20F2N2O5/c27-21-12-19(25(32)33)23(13-22(21)28)30-24(31)10-5-11-29-26(34)35-14-20-17-8-3-1-6-15(17)16-7-2-4-9-18(16)20/h1-10,12-13,20H,11,14H2,(H,29,34)(H,30,31)(H,32,33)/b10-5+. The number of carbonyl (C=O) groups is 3. The van der Waals surface area contributed by atoms with Crippen LogP contribution in [0.3, 0.4) is 0 Å². The van der Waals surface area contributed by atoms with Gasteiger partial charge < -0.3 is 20.5 Å². The Morgan fingerprint density at radius 2 is 1.54 bits per heavy atom. The summed E-state index contributed by atoms with van der Waals surface area (Å²) in [4.78, 5) is 35.3. The van der Waals surface area contributed by atoms with Gasteiger partial charge in [0, 0.05) is 24.6 Å². The number of fused-ring (bicyclic) bond motifs is 3. The van der Waals surface area contributed by atoms with E-state index in [2.05, 4.69) is 10.6 Å². The Kier molecular flexibility index (Phi) is 6.86. The fourth-order valence-corrected chi connectivity index (χ4v) is 3.96. The average molecular weight is 478 g/mol. The van der Waals surface area contributed by atoms with Crippen molar-refractivity contribution in [2.45, 2.75) is 5.92 Å². The summed E-state index contributed by atoms with van der Waals surface area (Å²) in [6.07, 6.45) is 1.65. The molecule has 3 aromatic carbocycles. The number of anilines is 1. The fraction of sp³-hybridized carbons (Fsp3) is 0.115. The van der Waals surface area contributed by atoms with Gasteiger partial charge in [-0.2, -0.15) is 0 Å². The highest BCUT2D eigenvalue weighted by molar-refractivity contribution is 6.04. The van der Waals surface area contributed by atoms with Gasteiger partial charge in [-0.05, 0) is 28.3 Å². The lowest BCUT2D eigenvalue weighted by molar-refractivity contribution is -0.111. The summed E-state index contributed by atoms with van der Waals surface area (Å²) in [5.74, 6) is -5.05. The molecule has 0 atom stereocenters. The van der Waals surface area contributed by atoms with Crippen LogP contribution in [-0.2, 0) is 9.53 Å². The van der Waals surface area contributed by atoms with Crippen molar-refractivity contribution in [3.63, 3.8) is 0 Å². The third kappa shape index (κ3) is 5.19. The van der Waals surface area contributed by atoms with E-state index < -0.39 is 40.9 Å². The molecule has 0 fully saturated rings. The van der Waals surface area contributed by atoms with Crippen LogP contribution >= 0.6 is 0 Å². The Bertz CT molecular complexity index is 1290. The maximum Gasteiger partial charge on any atom is 0.407 e. The molecule has 0 unspecified atom stereocenters. The number of aromatic carboxylic acids is 1. The summed E-state index contributed by atoms with van der Waals surface area (Å²) in [5, 5.41) is 13.7. The number of hydrogen-bond donors (Lipinski definition) is 3. The number of hydrogen-bond acceptors (Lipinski definition) is 4. The summed E-state index contributed by atoms with van der Waals surface area (Å²) in [7, 11) is 0. The molecule has 4 rings (SSSR count).